The minimum absolute atomic E-state index is 0.807. The second-order valence-electron chi connectivity index (χ2n) is 7.75. The first-order chi connectivity index (χ1) is 10.3. The van der Waals surface area contributed by atoms with Gasteiger partial charge in [-0.3, -0.25) is 4.90 Å². The van der Waals surface area contributed by atoms with Crippen LogP contribution in [0.25, 0.3) is 0 Å². The maximum absolute atomic E-state index is 3.81. The van der Waals surface area contributed by atoms with Gasteiger partial charge >= 0.3 is 0 Å². The van der Waals surface area contributed by atoms with Gasteiger partial charge in [-0.1, -0.05) is 13.3 Å². The topological polar surface area (TPSA) is 18.5 Å². The Morgan fingerprint density at radius 1 is 0.905 bits per heavy atom. The van der Waals surface area contributed by atoms with E-state index in [2.05, 4.69) is 22.0 Å². The molecule has 0 radical (unpaired) electrons. The Labute approximate surface area is 131 Å². The summed E-state index contributed by atoms with van der Waals surface area (Å²) >= 11 is 0. The van der Waals surface area contributed by atoms with Gasteiger partial charge in [0.25, 0.3) is 0 Å². The van der Waals surface area contributed by atoms with E-state index in [1.54, 1.807) is 0 Å². The summed E-state index contributed by atoms with van der Waals surface area (Å²) in [6.45, 7) is 10.2. The van der Waals surface area contributed by atoms with E-state index < -0.39 is 0 Å². The van der Waals surface area contributed by atoms with Crippen LogP contribution >= 0.6 is 0 Å². The van der Waals surface area contributed by atoms with Crippen LogP contribution in [0.15, 0.2) is 0 Å². The van der Waals surface area contributed by atoms with Gasteiger partial charge in [-0.15, -0.1) is 0 Å². The molecule has 0 amide bonds. The van der Waals surface area contributed by atoms with Gasteiger partial charge in [-0.05, 0) is 70.5 Å². The SMILES string of the molecule is CC1CCC(NCCN2CCC(N3CCCCC3)C2)CC1. The molecule has 1 atom stereocenters. The van der Waals surface area contributed by atoms with Crippen LogP contribution in [0, 0.1) is 5.92 Å². The molecule has 0 aromatic carbocycles. The van der Waals surface area contributed by atoms with Gasteiger partial charge in [0.15, 0.2) is 0 Å². The molecule has 0 aromatic heterocycles. The van der Waals surface area contributed by atoms with E-state index in [4.69, 9.17) is 0 Å². The van der Waals surface area contributed by atoms with E-state index in [9.17, 15) is 0 Å². The number of hydrogen-bond donors (Lipinski definition) is 1. The van der Waals surface area contributed by atoms with Gasteiger partial charge in [0.1, 0.15) is 0 Å². The van der Waals surface area contributed by atoms with Crippen LogP contribution in [-0.4, -0.2) is 61.2 Å². The Hall–Kier alpha value is -0.120. The first-order valence-electron chi connectivity index (χ1n) is 9.51. The van der Waals surface area contributed by atoms with Crippen LogP contribution in [0.2, 0.25) is 0 Å². The number of rotatable bonds is 5. The lowest BCUT2D eigenvalue weighted by Gasteiger charge is -2.32. The Morgan fingerprint density at radius 2 is 1.67 bits per heavy atom. The molecule has 3 rings (SSSR count). The summed E-state index contributed by atoms with van der Waals surface area (Å²) in [5.41, 5.74) is 0. The molecule has 2 saturated heterocycles. The lowest BCUT2D eigenvalue weighted by atomic mass is 9.87. The molecule has 1 aliphatic carbocycles. The molecule has 122 valence electrons. The van der Waals surface area contributed by atoms with Crippen molar-refractivity contribution in [1.82, 2.24) is 15.1 Å². The van der Waals surface area contributed by atoms with E-state index in [-0.39, 0.29) is 0 Å². The van der Waals surface area contributed by atoms with Gasteiger partial charge in [0, 0.05) is 31.7 Å². The fourth-order valence-corrected chi connectivity index (χ4v) is 4.49. The molecule has 0 aromatic rings. The first-order valence-corrected chi connectivity index (χ1v) is 9.51. The predicted molar refractivity (Wildman–Crippen MR) is 89.7 cm³/mol. The minimum atomic E-state index is 0.807. The van der Waals surface area contributed by atoms with Crippen molar-refractivity contribution in [3.05, 3.63) is 0 Å². The predicted octanol–water partition coefficient (Wildman–Crippen LogP) is 2.71. The van der Waals surface area contributed by atoms with Crippen molar-refractivity contribution < 1.29 is 0 Å². The lowest BCUT2D eigenvalue weighted by Crippen LogP contribution is -2.42. The number of nitrogens with zero attached hydrogens (tertiary/aromatic N) is 2. The molecule has 3 nitrogen and oxygen atoms in total. The van der Waals surface area contributed by atoms with Crippen molar-refractivity contribution in [2.24, 2.45) is 5.92 Å². The summed E-state index contributed by atoms with van der Waals surface area (Å²) in [6, 6.07) is 1.67. The van der Waals surface area contributed by atoms with Crippen molar-refractivity contribution in [1.29, 1.82) is 0 Å². The monoisotopic (exact) mass is 293 g/mol. The van der Waals surface area contributed by atoms with Crippen LogP contribution in [0.4, 0.5) is 0 Å². The van der Waals surface area contributed by atoms with Crippen LogP contribution in [0.1, 0.15) is 58.3 Å². The van der Waals surface area contributed by atoms with E-state index >= 15 is 0 Å². The van der Waals surface area contributed by atoms with Crippen molar-refractivity contribution in [2.75, 3.05) is 39.3 Å². The molecule has 1 N–H and O–H groups in total. The van der Waals surface area contributed by atoms with Gasteiger partial charge < -0.3 is 10.2 Å². The molecule has 1 unspecified atom stereocenters. The second-order valence-corrected chi connectivity index (χ2v) is 7.75. The number of hydrogen-bond acceptors (Lipinski definition) is 3. The van der Waals surface area contributed by atoms with E-state index in [0.29, 0.717) is 0 Å². The smallest absolute Gasteiger partial charge is 0.0235 e. The lowest BCUT2D eigenvalue weighted by molar-refractivity contribution is 0.162. The zero-order chi connectivity index (χ0) is 14.5. The molecule has 3 aliphatic rings. The highest BCUT2D eigenvalue weighted by molar-refractivity contribution is 4.85. The Balaban J connectivity index is 1.30. The quantitative estimate of drug-likeness (QED) is 0.841. The minimum Gasteiger partial charge on any atom is -0.313 e. The van der Waals surface area contributed by atoms with Crippen LogP contribution in [0.5, 0.6) is 0 Å². The third-order valence-corrected chi connectivity index (χ3v) is 6.03. The molecule has 0 bridgehead atoms. The molecule has 1 saturated carbocycles. The van der Waals surface area contributed by atoms with Gasteiger partial charge in [0.05, 0.1) is 0 Å². The first kappa shape index (κ1) is 15.8. The van der Waals surface area contributed by atoms with Gasteiger partial charge in [0.2, 0.25) is 0 Å². The van der Waals surface area contributed by atoms with Gasteiger partial charge in [-0.25, -0.2) is 0 Å². The zero-order valence-corrected chi connectivity index (χ0v) is 14.0. The summed E-state index contributed by atoms with van der Waals surface area (Å²) in [6.07, 6.45) is 11.4. The molecule has 21 heavy (non-hydrogen) atoms. The summed E-state index contributed by atoms with van der Waals surface area (Å²) in [5.74, 6) is 0.965. The van der Waals surface area contributed by atoms with E-state index in [0.717, 1.165) is 18.0 Å². The van der Waals surface area contributed by atoms with Crippen molar-refractivity contribution >= 4 is 0 Å². The normalized spacial score (nSPS) is 36.1. The molecular weight excluding hydrogens is 258 g/mol. The standard InChI is InChI=1S/C18H35N3/c1-16-5-7-17(8-6-16)19-10-14-20-13-9-18(15-20)21-11-3-2-4-12-21/h16-19H,2-15H2,1H3. The Kier molecular flexibility index (Phi) is 5.96. The summed E-state index contributed by atoms with van der Waals surface area (Å²) in [4.78, 5) is 5.46. The highest BCUT2D eigenvalue weighted by atomic mass is 15.3. The zero-order valence-electron chi connectivity index (χ0n) is 14.0. The molecule has 2 heterocycles. The largest absolute Gasteiger partial charge is 0.313 e. The summed E-state index contributed by atoms with van der Waals surface area (Å²) in [7, 11) is 0. The van der Waals surface area contributed by atoms with Crippen molar-refractivity contribution in [3.8, 4) is 0 Å². The van der Waals surface area contributed by atoms with Crippen LogP contribution in [-0.2, 0) is 0 Å². The van der Waals surface area contributed by atoms with Crippen LogP contribution < -0.4 is 5.32 Å². The summed E-state index contributed by atoms with van der Waals surface area (Å²) < 4.78 is 0. The van der Waals surface area contributed by atoms with E-state index in [1.165, 1.54) is 90.6 Å². The highest BCUT2D eigenvalue weighted by Gasteiger charge is 2.28. The molecule has 3 heteroatoms. The van der Waals surface area contributed by atoms with Gasteiger partial charge in [-0.2, -0.15) is 0 Å². The average Bonchev–Trinajstić information content (AvgIpc) is 2.99. The number of piperidine rings is 1. The third-order valence-electron chi connectivity index (χ3n) is 6.03. The fraction of sp³-hybridized carbons (Fsp3) is 1.00. The number of nitrogens with one attached hydrogen (secondary N) is 1. The molecule has 0 spiro atoms. The fourth-order valence-electron chi connectivity index (χ4n) is 4.49. The van der Waals surface area contributed by atoms with Crippen molar-refractivity contribution in [2.45, 2.75) is 70.4 Å². The maximum Gasteiger partial charge on any atom is 0.0235 e. The molecule has 2 aliphatic heterocycles. The Morgan fingerprint density at radius 3 is 2.43 bits per heavy atom. The highest BCUT2D eigenvalue weighted by Crippen LogP contribution is 2.23. The number of likely N-dealkylation sites (tertiary alicyclic amines) is 2. The Bertz CT molecular complexity index is 293. The van der Waals surface area contributed by atoms with E-state index in [1.807, 2.05) is 0 Å². The second kappa shape index (κ2) is 7.94. The molecular formula is C18H35N3. The molecule has 3 fully saturated rings. The maximum atomic E-state index is 3.81. The van der Waals surface area contributed by atoms with Crippen molar-refractivity contribution in [3.63, 3.8) is 0 Å². The average molecular weight is 293 g/mol. The third kappa shape index (κ3) is 4.67. The summed E-state index contributed by atoms with van der Waals surface area (Å²) in [5, 5.41) is 3.81. The van der Waals surface area contributed by atoms with Crippen LogP contribution in [0.3, 0.4) is 0 Å².